The molecule has 40 heavy (non-hydrogen) atoms. The van der Waals surface area contributed by atoms with Gasteiger partial charge in [-0.25, -0.2) is 22.8 Å². The second-order valence-electron chi connectivity index (χ2n) is 9.87. The van der Waals surface area contributed by atoms with Crippen LogP contribution in [-0.4, -0.2) is 50.7 Å². The number of fused-ring (bicyclic) bond motifs is 2. The van der Waals surface area contributed by atoms with E-state index >= 15 is 0 Å². The van der Waals surface area contributed by atoms with Gasteiger partial charge in [0.2, 0.25) is 17.4 Å². The highest BCUT2D eigenvalue weighted by Crippen LogP contribution is 2.34. The van der Waals surface area contributed by atoms with E-state index in [2.05, 4.69) is 15.1 Å². The van der Waals surface area contributed by atoms with Gasteiger partial charge in [-0.1, -0.05) is 6.07 Å². The zero-order chi connectivity index (χ0) is 28.1. The van der Waals surface area contributed by atoms with Crippen molar-refractivity contribution in [1.82, 2.24) is 24.6 Å². The monoisotopic (exact) mass is 546 g/mol. The Bertz CT molecular complexity index is 1760. The van der Waals surface area contributed by atoms with Crippen molar-refractivity contribution in [1.29, 1.82) is 0 Å². The summed E-state index contributed by atoms with van der Waals surface area (Å²) in [6.45, 7) is 2.00. The summed E-state index contributed by atoms with van der Waals surface area (Å²) in [4.78, 5) is 22.7. The first kappa shape index (κ1) is 25.6. The lowest BCUT2D eigenvalue weighted by Gasteiger charge is -2.32. The third-order valence-electron chi connectivity index (χ3n) is 7.36. The van der Waals surface area contributed by atoms with Gasteiger partial charge in [0, 0.05) is 23.5 Å². The number of likely N-dealkylation sites (N-methyl/N-ethyl adjacent to an activating group) is 1. The molecule has 3 N–H and O–H groups in total. The number of benzene rings is 2. The van der Waals surface area contributed by atoms with Gasteiger partial charge in [-0.05, 0) is 67.4 Å². The number of H-pyrrole nitrogens is 1. The smallest absolute Gasteiger partial charge is 0.219 e. The van der Waals surface area contributed by atoms with Crippen LogP contribution in [-0.2, 0) is 6.42 Å². The molecule has 6 rings (SSSR count). The van der Waals surface area contributed by atoms with Crippen LogP contribution in [0.5, 0.6) is 11.6 Å². The summed E-state index contributed by atoms with van der Waals surface area (Å²) in [5.74, 6) is -2.53. The van der Waals surface area contributed by atoms with Crippen molar-refractivity contribution < 1.29 is 22.7 Å². The van der Waals surface area contributed by atoms with E-state index in [-0.39, 0.29) is 29.1 Å². The fourth-order valence-corrected chi connectivity index (χ4v) is 5.14. The molecule has 1 unspecified atom stereocenters. The Hall–Kier alpha value is -4.64. The third kappa shape index (κ3) is 4.28. The van der Waals surface area contributed by atoms with Crippen LogP contribution < -0.4 is 10.5 Å². The predicted molar refractivity (Wildman–Crippen MR) is 144 cm³/mol. The van der Waals surface area contributed by atoms with Crippen LogP contribution in [0.1, 0.15) is 38.8 Å². The standard InChI is InChI=1S/C29H25F3N6O2/c1-15-8-26(40-28-20(31)4-3-5-21(28)32)34-14-25(15)38-29(33)19(13-35-38)27(39)23-10-17-9-16-6-7-37(2)24(12-30)18(16)11-22(17)36-23/h3-5,8-11,13-14,24,36H,6-7,12,33H2,1-2H3. The maximum atomic E-state index is 14.0. The van der Waals surface area contributed by atoms with Gasteiger partial charge in [0.05, 0.1) is 35.4 Å². The normalized spacial score (nSPS) is 15.4. The third-order valence-corrected chi connectivity index (χ3v) is 7.36. The van der Waals surface area contributed by atoms with E-state index in [1.54, 1.807) is 13.0 Å². The van der Waals surface area contributed by atoms with Gasteiger partial charge in [0.1, 0.15) is 12.5 Å². The molecule has 3 aromatic heterocycles. The number of rotatable bonds is 6. The number of aromatic amines is 1. The first-order chi connectivity index (χ1) is 19.2. The maximum Gasteiger partial charge on any atom is 0.219 e. The molecule has 0 amide bonds. The van der Waals surface area contributed by atoms with Crippen molar-refractivity contribution in [3.63, 3.8) is 0 Å². The van der Waals surface area contributed by atoms with Gasteiger partial charge in [0.25, 0.3) is 0 Å². The summed E-state index contributed by atoms with van der Waals surface area (Å²) in [7, 11) is 1.90. The van der Waals surface area contributed by atoms with Crippen molar-refractivity contribution >= 4 is 22.5 Å². The molecule has 0 bridgehead atoms. The highest BCUT2D eigenvalue weighted by atomic mass is 19.1. The average Bonchev–Trinajstić information content (AvgIpc) is 3.52. The SMILES string of the molecule is Cc1cc(Oc2c(F)cccc2F)ncc1-n1ncc(C(=O)c2cc3cc4c(cc3[nH]2)C(CF)N(C)CC4)c1N. The minimum absolute atomic E-state index is 0.0192. The van der Waals surface area contributed by atoms with E-state index in [0.29, 0.717) is 16.9 Å². The molecular formula is C29H25F3N6O2. The molecule has 11 heteroatoms. The molecule has 0 radical (unpaired) electrons. The number of nitrogens with one attached hydrogen (secondary N) is 1. The van der Waals surface area contributed by atoms with Crippen LogP contribution >= 0.6 is 0 Å². The van der Waals surface area contributed by atoms with E-state index in [0.717, 1.165) is 47.1 Å². The fraction of sp³-hybridized carbons (Fsp3) is 0.207. The Balaban J connectivity index is 1.29. The number of pyridine rings is 1. The van der Waals surface area contributed by atoms with Crippen LogP contribution in [0.3, 0.4) is 0 Å². The molecular weight excluding hydrogens is 521 g/mol. The topological polar surface area (TPSA) is 102 Å². The largest absolute Gasteiger partial charge is 0.433 e. The summed E-state index contributed by atoms with van der Waals surface area (Å²) in [5, 5.41) is 5.15. The Kier molecular flexibility index (Phi) is 6.30. The van der Waals surface area contributed by atoms with Crippen molar-refractivity contribution in [3.05, 3.63) is 94.4 Å². The first-order valence-electron chi connectivity index (χ1n) is 12.6. The number of nitrogens with zero attached hydrogens (tertiary/aromatic N) is 4. The number of nitrogens with two attached hydrogens (primary N) is 1. The number of hydrogen-bond donors (Lipinski definition) is 2. The van der Waals surface area contributed by atoms with E-state index in [9.17, 15) is 18.0 Å². The Morgan fingerprint density at radius 1 is 1.18 bits per heavy atom. The number of ether oxygens (including phenoxy) is 1. The number of ketones is 1. The van der Waals surface area contributed by atoms with Gasteiger partial charge >= 0.3 is 0 Å². The molecule has 5 aromatic rings. The molecule has 204 valence electrons. The van der Waals surface area contributed by atoms with Crippen molar-refractivity contribution in [2.75, 3.05) is 26.0 Å². The maximum absolute atomic E-state index is 14.0. The van der Waals surface area contributed by atoms with Crippen LogP contribution in [0.15, 0.2) is 54.9 Å². The number of aromatic nitrogens is 4. The van der Waals surface area contributed by atoms with Crippen molar-refractivity contribution in [3.8, 4) is 17.3 Å². The van der Waals surface area contributed by atoms with Gasteiger partial charge in [-0.3, -0.25) is 9.69 Å². The predicted octanol–water partition coefficient (Wildman–Crippen LogP) is 5.44. The molecule has 8 nitrogen and oxygen atoms in total. The van der Waals surface area contributed by atoms with Crippen LogP contribution in [0.2, 0.25) is 0 Å². The summed E-state index contributed by atoms with van der Waals surface area (Å²) >= 11 is 0. The van der Waals surface area contributed by atoms with Crippen LogP contribution in [0.25, 0.3) is 16.6 Å². The highest BCUT2D eigenvalue weighted by Gasteiger charge is 2.26. The number of anilines is 1. The Morgan fingerprint density at radius 2 is 1.95 bits per heavy atom. The number of para-hydroxylation sites is 1. The van der Waals surface area contributed by atoms with Crippen LogP contribution in [0, 0.1) is 18.6 Å². The molecule has 0 fully saturated rings. The van der Waals surface area contributed by atoms with Crippen LogP contribution in [0.4, 0.5) is 19.0 Å². The fourth-order valence-electron chi connectivity index (χ4n) is 5.14. The first-order valence-corrected chi connectivity index (χ1v) is 12.6. The molecule has 0 saturated carbocycles. The zero-order valence-electron chi connectivity index (χ0n) is 21.7. The lowest BCUT2D eigenvalue weighted by molar-refractivity contribution is 0.103. The number of halogens is 3. The van der Waals surface area contributed by atoms with E-state index in [1.165, 1.54) is 29.2 Å². The summed E-state index contributed by atoms with van der Waals surface area (Å²) in [6, 6.07) is 10.3. The summed E-state index contributed by atoms with van der Waals surface area (Å²) in [6.07, 6.45) is 3.58. The molecule has 4 heterocycles. The second kappa shape index (κ2) is 9.83. The molecule has 1 aliphatic rings. The van der Waals surface area contributed by atoms with Gasteiger partial charge in [0.15, 0.2) is 11.6 Å². The zero-order valence-corrected chi connectivity index (χ0v) is 21.7. The number of aryl methyl sites for hydroxylation is 1. The van der Waals surface area contributed by atoms with E-state index < -0.39 is 24.1 Å². The van der Waals surface area contributed by atoms with Crippen molar-refractivity contribution in [2.24, 2.45) is 0 Å². The highest BCUT2D eigenvalue weighted by molar-refractivity contribution is 6.12. The van der Waals surface area contributed by atoms with Crippen molar-refractivity contribution in [2.45, 2.75) is 19.4 Å². The summed E-state index contributed by atoms with van der Waals surface area (Å²) < 4.78 is 48.4. The molecule has 0 spiro atoms. The average molecular weight is 547 g/mol. The molecule has 1 aliphatic heterocycles. The second-order valence-corrected chi connectivity index (χ2v) is 9.87. The van der Waals surface area contributed by atoms with Gasteiger partial charge in [-0.15, -0.1) is 0 Å². The number of nitrogen functional groups attached to an aromatic ring is 1. The summed E-state index contributed by atoms with van der Waals surface area (Å²) in [5.41, 5.74) is 10.7. The van der Waals surface area contributed by atoms with Gasteiger partial charge < -0.3 is 15.5 Å². The number of hydrogen-bond acceptors (Lipinski definition) is 6. The van der Waals surface area contributed by atoms with Gasteiger partial charge in [-0.2, -0.15) is 5.10 Å². The molecule has 0 saturated heterocycles. The Labute approximate surface area is 227 Å². The molecule has 0 aliphatic carbocycles. The minimum Gasteiger partial charge on any atom is -0.433 e. The molecule has 2 aromatic carbocycles. The number of carbonyl (C=O) groups excluding carboxylic acids is 1. The lowest BCUT2D eigenvalue weighted by atomic mass is 9.92. The van der Waals surface area contributed by atoms with E-state index in [1.807, 2.05) is 24.1 Å². The number of carbonyl (C=O) groups is 1. The minimum atomic E-state index is -0.852. The molecule has 1 atom stereocenters. The number of alkyl halides is 1. The Morgan fingerprint density at radius 3 is 2.67 bits per heavy atom. The van der Waals surface area contributed by atoms with E-state index in [4.69, 9.17) is 10.5 Å². The lowest BCUT2D eigenvalue weighted by Crippen LogP contribution is -2.33. The quantitative estimate of drug-likeness (QED) is 0.275.